The molecule has 0 radical (unpaired) electrons. The van der Waals surface area contributed by atoms with Crippen molar-refractivity contribution in [2.24, 2.45) is 0 Å². The van der Waals surface area contributed by atoms with Crippen LogP contribution < -0.4 is 5.32 Å². The first kappa shape index (κ1) is 13.3. The highest BCUT2D eigenvalue weighted by atomic mass is 35.5. The molecule has 6 heteroatoms. The van der Waals surface area contributed by atoms with Gasteiger partial charge in [-0.25, -0.2) is 4.98 Å². The van der Waals surface area contributed by atoms with E-state index in [1.165, 1.54) is 16.9 Å². The normalized spacial score (nSPS) is 13.6. The van der Waals surface area contributed by atoms with E-state index in [4.69, 9.17) is 23.2 Å². The van der Waals surface area contributed by atoms with Crippen LogP contribution in [0.4, 0.5) is 11.5 Å². The predicted octanol–water partition coefficient (Wildman–Crippen LogP) is 5.23. The Balaban J connectivity index is 1.87. The molecular formula is C15H11Cl2N3S. The average molecular weight is 336 g/mol. The minimum absolute atomic E-state index is 0.270. The van der Waals surface area contributed by atoms with Crippen molar-refractivity contribution >= 4 is 56.3 Å². The summed E-state index contributed by atoms with van der Waals surface area (Å²) in [5.74, 6) is 0.770. The minimum atomic E-state index is 0.270. The Morgan fingerprint density at radius 2 is 2.05 bits per heavy atom. The summed E-state index contributed by atoms with van der Waals surface area (Å²) in [6.07, 6.45) is 3.42. The van der Waals surface area contributed by atoms with Crippen molar-refractivity contribution < 1.29 is 0 Å². The van der Waals surface area contributed by atoms with Crippen molar-refractivity contribution in [3.8, 4) is 0 Å². The molecule has 1 aliphatic rings. The van der Waals surface area contributed by atoms with Crippen molar-refractivity contribution in [1.82, 2.24) is 9.97 Å². The van der Waals surface area contributed by atoms with Gasteiger partial charge in [-0.3, -0.25) is 0 Å². The zero-order valence-corrected chi connectivity index (χ0v) is 13.3. The fourth-order valence-corrected chi connectivity index (χ4v) is 4.43. The number of rotatable bonds is 2. The number of nitrogens with zero attached hydrogens (tertiary/aromatic N) is 2. The zero-order chi connectivity index (χ0) is 14.4. The number of hydrogen-bond acceptors (Lipinski definition) is 4. The molecule has 0 saturated carbocycles. The summed E-state index contributed by atoms with van der Waals surface area (Å²) in [5.41, 5.74) is 2.27. The van der Waals surface area contributed by atoms with E-state index in [-0.39, 0.29) is 5.28 Å². The lowest BCUT2D eigenvalue weighted by atomic mass is 10.2. The molecule has 21 heavy (non-hydrogen) atoms. The Morgan fingerprint density at radius 3 is 2.90 bits per heavy atom. The summed E-state index contributed by atoms with van der Waals surface area (Å²) in [5, 5.41) is 5.40. The number of thiophene rings is 1. The lowest BCUT2D eigenvalue weighted by Gasteiger charge is -2.08. The quantitative estimate of drug-likeness (QED) is 0.651. The lowest BCUT2D eigenvalue weighted by molar-refractivity contribution is 0.917. The first-order valence-electron chi connectivity index (χ1n) is 6.71. The van der Waals surface area contributed by atoms with E-state index >= 15 is 0 Å². The second-order valence-electron chi connectivity index (χ2n) is 5.01. The fourth-order valence-electron chi connectivity index (χ4n) is 2.76. The van der Waals surface area contributed by atoms with Gasteiger partial charge in [-0.2, -0.15) is 4.98 Å². The summed E-state index contributed by atoms with van der Waals surface area (Å²) >= 11 is 13.8. The number of fused-ring (bicyclic) bond motifs is 3. The van der Waals surface area contributed by atoms with E-state index in [2.05, 4.69) is 15.3 Å². The molecule has 3 nitrogen and oxygen atoms in total. The molecule has 2 heterocycles. The number of halogens is 2. The Bertz CT molecular complexity index is 844. The first-order chi connectivity index (χ1) is 10.2. The third-order valence-electron chi connectivity index (χ3n) is 3.62. The highest BCUT2D eigenvalue weighted by molar-refractivity contribution is 7.19. The standard InChI is InChI=1S/C15H11Cl2N3S/c16-8-3-1-4-9(7-8)18-13-12-10-5-2-6-11(10)21-14(12)20-15(17)19-13/h1,3-4,7H,2,5-6H2,(H,18,19,20). The van der Waals surface area contributed by atoms with E-state index in [1.807, 2.05) is 24.3 Å². The fraction of sp³-hybridized carbons (Fsp3) is 0.200. The van der Waals surface area contributed by atoms with Crippen molar-refractivity contribution in [1.29, 1.82) is 0 Å². The Morgan fingerprint density at radius 1 is 1.14 bits per heavy atom. The third-order valence-corrected chi connectivity index (χ3v) is 5.21. The largest absolute Gasteiger partial charge is 0.339 e. The molecule has 1 N–H and O–H groups in total. The molecule has 2 aromatic heterocycles. The molecule has 4 rings (SSSR count). The maximum absolute atomic E-state index is 6.06. The van der Waals surface area contributed by atoms with E-state index < -0.39 is 0 Å². The maximum Gasteiger partial charge on any atom is 0.225 e. The number of benzene rings is 1. The number of aryl methyl sites for hydroxylation is 2. The van der Waals surface area contributed by atoms with Gasteiger partial charge in [0.15, 0.2) is 0 Å². The number of anilines is 2. The van der Waals surface area contributed by atoms with E-state index in [0.29, 0.717) is 5.02 Å². The van der Waals surface area contributed by atoms with Crippen LogP contribution in [0, 0.1) is 0 Å². The van der Waals surface area contributed by atoms with Crippen LogP contribution in [0.15, 0.2) is 24.3 Å². The maximum atomic E-state index is 6.06. The van der Waals surface area contributed by atoms with Crippen LogP contribution in [0.1, 0.15) is 16.9 Å². The highest BCUT2D eigenvalue weighted by Gasteiger charge is 2.22. The van der Waals surface area contributed by atoms with Gasteiger partial charge in [-0.1, -0.05) is 17.7 Å². The van der Waals surface area contributed by atoms with E-state index in [9.17, 15) is 0 Å². The Hall–Kier alpha value is -1.36. The summed E-state index contributed by atoms with van der Waals surface area (Å²) in [7, 11) is 0. The molecule has 0 saturated heterocycles. The van der Waals surface area contributed by atoms with Gasteiger partial charge in [-0.05, 0) is 54.6 Å². The van der Waals surface area contributed by atoms with Gasteiger partial charge in [0.05, 0.1) is 5.39 Å². The Kier molecular flexibility index (Phi) is 3.25. The van der Waals surface area contributed by atoms with Crippen LogP contribution in [0.3, 0.4) is 0 Å². The number of hydrogen-bond donors (Lipinski definition) is 1. The van der Waals surface area contributed by atoms with Crippen LogP contribution in [-0.2, 0) is 12.8 Å². The molecule has 0 unspecified atom stereocenters. The molecule has 0 spiro atoms. The van der Waals surface area contributed by atoms with Gasteiger partial charge in [0.2, 0.25) is 5.28 Å². The van der Waals surface area contributed by atoms with Gasteiger partial charge < -0.3 is 5.32 Å². The molecule has 106 valence electrons. The first-order valence-corrected chi connectivity index (χ1v) is 8.28. The second kappa shape index (κ2) is 5.13. The second-order valence-corrected chi connectivity index (χ2v) is 6.87. The van der Waals surface area contributed by atoms with Gasteiger partial charge in [0.25, 0.3) is 0 Å². The van der Waals surface area contributed by atoms with Crippen molar-refractivity contribution in [3.63, 3.8) is 0 Å². The molecule has 0 bridgehead atoms. The molecule has 0 fully saturated rings. The minimum Gasteiger partial charge on any atom is -0.339 e. The average Bonchev–Trinajstić information content (AvgIpc) is 2.98. The third kappa shape index (κ3) is 2.37. The molecule has 1 aromatic carbocycles. The zero-order valence-electron chi connectivity index (χ0n) is 11.0. The van der Waals surface area contributed by atoms with Gasteiger partial charge in [0, 0.05) is 15.6 Å². The van der Waals surface area contributed by atoms with Gasteiger partial charge >= 0.3 is 0 Å². The van der Waals surface area contributed by atoms with Crippen molar-refractivity contribution in [2.75, 3.05) is 5.32 Å². The predicted molar refractivity (Wildman–Crippen MR) is 89.2 cm³/mol. The SMILES string of the molecule is Clc1cccc(Nc2nc(Cl)nc3sc4c(c23)CCC4)c1. The smallest absolute Gasteiger partial charge is 0.225 e. The van der Waals surface area contributed by atoms with Crippen molar-refractivity contribution in [2.45, 2.75) is 19.3 Å². The number of nitrogens with one attached hydrogen (secondary N) is 1. The van der Waals surface area contributed by atoms with Crippen LogP contribution in [-0.4, -0.2) is 9.97 Å². The van der Waals surface area contributed by atoms with Crippen LogP contribution >= 0.6 is 34.5 Å². The summed E-state index contributed by atoms with van der Waals surface area (Å²) in [6, 6.07) is 7.58. The highest BCUT2D eigenvalue weighted by Crippen LogP contribution is 2.40. The Labute approximate surface area is 135 Å². The van der Waals surface area contributed by atoms with Crippen LogP contribution in [0.5, 0.6) is 0 Å². The summed E-state index contributed by atoms with van der Waals surface area (Å²) in [6.45, 7) is 0. The summed E-state index contributed by atoms with van der Waals surface area (Å²) < 4.78 is 0. The van der Waals surface area contributed by atoms with Crippen LogP contribution in [0.25, 0.3) is 10.2 Å². The molecule has 0 aliphatic heterocycles. The van der Waals surface area contributed by atoms with E-state index in [0.717, 1.165) is 34.6 Å². The van der Waals surface area contributed by atoms with Crippen molar-refractivity contribution in [3.05, 3.63) is 45.0 Å². The monoisotopic (exact) mass is 335 g/mol. The molecule has 0 amide bonds. The lowest BCUT2D eigenvalue weighted by Crippen LogP contribution is -1.97. The topological polar surface area (TPSA) is 37.8 Å². The van der Waals surface area contributed by atoms with Gasteiger partial charge in [0.1, 0.15) is 10.6 Å². The van der Waals surface area contributed by atoms with E-state index in [1.54, 1.807) is 11.3 Å². The molecular weight excluding hydrogens is 325 g/mol. The molecule has 0 atom stereocenters. The van der Waals surface area contributed by atoms with Crippen LogP contribution in [0.2, 0.25) is 10.3 Å². The van der Waals surface area contributed by atoms with Gasteiger partial charge in [-0.15, -0.1) is 11.3 Å². The molecule has 1 aliphatic carbocycles. The number of aromatic nitrogens is 2. The summed E-state index contributed by atoms with van der Waals surface area (Å²) in [4.78, 5) is 11.1. The molecule has 3 aromatic rings.